The molecule has 4 rings (SSSR count). The summed E-state index contributed by atoms with van der Waals surface area (Å²) in [4.78, 5) is 0. The van der Waals surface area contributed by atoms with Gasteiger partial charge in [0, 0.05) is 24.8 Å². The highest BCUT2D eigenvalue weighted by Crippen LogP contribution is 2.54. The minimum Gasteiger partial charge on any atom is -0.202 e. The summed E-state index contributed by atoms with van der Waals surface area (Å²) in [5.74, 6) is -6.12. The van der Waals surface area contributed by atoms with Crippen LogP contribution in [0.4, 0.5) is 17.6 Å². The second-order valence-corrected chi connectivity index (χ2v) is 9.73. The maximum atomic E-state index is 15.3. The minimum absolute atomic E-state index is 0.0673. The Kier molecular flexibility index (Phi) is 5.85. The molecular weight excluding hydrogens is 412 g/mol. The van der Waals surface area contributed by atoms with Gasteiger partial charge in [-0.05, 0) is 59.9 Å². The first-order valence-electron chi connectivity index (χ1n) is 11.3. The molecule has 4 heteroatoms. The number of fused-ring (bicyclic) bond motifs is 1. The Balaban J connectivity index is 1.83. The summed E-state index contributed by atoms with van der Waals surface area (Å²) in [5, 5.41) is 0. The van der Waals surface area contributed by atoms with E-state index in [4.69, 9.17) is 0 Å². The lowest BCUT2D eigenvalue weighted by molar-refractivity contribution is -0.0365. The van der Waals surface area contributed by atoms with Gasteiger partial charge in [-0.1, -0.05) is 73.5 Å². The van der Waals surface area contributed by atoms with Crippen LogP contribution in [0.2, 0.25) is 0 Å². The number of alkyl halides is 4. The van der Waals surface area contributed by atoms with Gasteiger partial charge in [0.1, 0.15) is 0 Å². The van der Waals surface area contributed by atoms with E-state index in [2.05, 4.69) is 26.0 Å². The molecule has 0 aliphatic heterocycles. The van der Waals surface area contributed by atoms with Crippen LogP contribution in [0.5, 0.6) is 0 Å². The van der Waals surface area contributed by atoms with Crippen molar-refractivity contribution in [1.29, 1.82) is 0 Å². The van der Waals surface area contributed by atoms with Crippen LogP contribution in [0.25, 0.3) is 0 Å². The fraction of sp³-hybridized carbons (Fsp3) is 0.429. The smallest absolute Gasteiger partial charge is 0.202 e. The number of rotatable bonds is 4. The first-order chi connectivity index (χ1) is 15.0. The zero-order valence-electron chi connectivity index (χ0n) is 19.1. The summed E-state index contributed by atoms with van der Waals surface area (Å²) < 4.78 is 58.2. The highest BCUT2D eigenvalue weighted by atomic mass is 19.3. The second kappa shape index (κ2) is 8.20. The molecule has 2 aromatic rings. The molecule has 0 radical (unpaired) electrons. The van der Waals surface area contributed by atoms with Crippen molar-refractivity contribution < 1.29 is 17.6 Å². The van der Waals surface area contributed by atoms with E-state index in [1.165, 1.54) is 11.6 Å². The van der Waals surface area contributed by atoms with Crippen molar-refractivity contribution in [3.05, 3.63) is 93.6 Å². The molecule has 2 aromatic carbocycles. The standard InChI is InChI=1S/C28H30F4/c1-17(2)19-6-8-21(9-7-19)26-23-14-5-18(3)15-25(23)28(31,32)16-24(26)20-10-12-22(13-11-20)27(4,29)30/h5-10,12,14-15,17,24,26H,11,13,16H2,1-4H3. The third kappa shape index (κ3) is 4.29. The van der Waals surface area contributed by atoms with Crippen molar-refractivity contribution in [1.82, 2.24) is 0 Å². The molecule has 170 valence electrons. The number of halogens is 4. The van der Waals surface area contributed by atoms with Crippen molar-refractivity contribution in [3.8, 4) is 0 Å². The zero-order chi connectivity index (χ0) is 23.3. The van der Waals surface area contributed by atoms with Crippen LogP contribution in [0.1, 0.15) is 79.7 Å². The first-order valence-corrected chi connectivity index (χ1v) is 11.3. The van der Waals surface area contributed by atoms with Crippen LogP contribution in [-0.4, -0.2) is 5.92 Å². The second-order valence-electron chi connectivity index (χ2n) is 9.73. The van der Waals surface area contributed by atoms with Crippen LogP contribution in [0.15, 0.2) is 65.8 Å². The van der Waals surface area contributed by atoms with Crippen LogP contribution in [0.3, 0.4) is 0 Å². The van der Waals surface area contributed by atoms with Gasteiger partial charge < -0.3 is 0 Å². The molecule has 0 amide bonds. The molecule has 2 aliphatic rings. The molecule has 2 aliphatic carbocycles. The Bertz CT molecular complexity index is 1050. The normalized spacial score (nSPS) is 22.9. The summed E-state index contributed by atoms with van der Waals surface area (Å²) in [7, 11) is 0. The number of hydrogen-bond acceptors (Lipinski definition) is 0. The highest BCUT2D eigenvalue weighted by molar-refractivity contribution is 5.48. The van der Waals surface area contributed by atoms with E-state index in [9.17, 15) is 8.78 Å². The topological polar surface area (TPSA) is 0 Å². The number of hydrogen-bond donors (Lipinski definition) is 0. The number of aryl methyl sites for hydroxylation is 1. The molecule has 0 aromatic heterocycles. The Morgan fingerprint density at radius 1 is 0.969 bits per heavy atom. The van der Waals surface area contributed by atoms with E-state index in [-0.39, 0.29) is 29.9 Å². The lowest BCUT2D eigenvalue weighted by Gasteiger charge is -2.40. The SMILES string of the molecule is Cc1ccc2c(c1)C(F)(F)CC(C1=CC=C(C(C)(F)F)CC1)C2c1ccc(C(C)C)cc1. The molecule has 32 heavy (non-hydrogen) atoms. The minimum atomic E-state index is -2.96. The zero-order valence-corrected chi connectivity index (χ0v) is 19.1. The van der Waals surface area contributed by atoms with E-state index >= 15 is 8.78 Å². The first kappa shape index (κ1) is 22.8. The molecule has 0 saturated carbocycles. The van der Waals surface area contributed by atoms with Gasteiger partial charge in [0.25, 0.3) is 11.8 Å². The van der Waals surface area contributed by atoms with E-state index in [0.717, 1.165) is 23.6 Å². The van der Waals surface area contributed by atoms with Gasteiger partial charge in [-0.15, -0.1) is 0 Å². The van der Waals surface area contributed by atoms with Gasteiger partial charge in [-0.25, -0.2) is 17.6 Å². The lowest BCUT2D eigenvalue weighted by atomic mass is 9.66. The Labute approximate surface area is 188 Å². The van der Waals surface area contributed by atoms with Crippen LogP contribution in [0, 0.1) is 12.8 Å². The van der Waals surface area contributed by atoms with E-state index in [1.54, 1.807) is 12.1 Å². The fourth-order valence-corrected chi connectivity index (χ4v) is 5.15. The summed E-state index contributed by atoms with van der Waals surface area (Å²) in [6, 6.07) is 13.6. The maximum Gasteiger partial charge on any atom is 0.274 e. The van der Waals surface area contributed by atoms with Crippen LogP contribution >= 0.6 is 0 Å². The van der Waals surface area contributed by atoms with Gasteiger partial charge in [0.2, 0.25) is 0 Å². The molecule has 0 fully saturated rings. The number of allylic oxidation sites excluding steroid dienone is 4. The highest BCUT2D eigenvalue weighted by Gasteiger charge is 2.47. The molecule has 0 N–H and O–H groups in total. The van der Waals surface area contributed by atoms with Gasteiger partial charge in [-0.2, -0.15) is 0 Å². The Hall–Kier alpha value is -2.36. The molecule has 0 bridgehead atoms. The average molecular weight is 443 g/mol. The van der Waals surface area contributed by atoms with Crippen molar-refractivity contribution in [3.63, 3.8) is 0 Å². The monoisotopic (exact) mass is 442 g/mol. The molecule has 2 atom stereocenters. The summed E-state index contributed by atoms with van der Waals surface area (Å²) in [5.41, 5.74) is 4.65. The molecular formula is C28H30F4. The quantitative estimate of drug-likeness (QED) is 0.416. The van der Waals surface area contributed by atoms with Crippen molar-refractivity contribution >= 4 is 0 Å². The molecule has 0 nitrogen and oxygen atoms in total. The van der Waals surface area contributed by atoms with Gasteiger partial charge in [0.05, 0.1) is 0 Å². The summed E-state index contributed by atoms with van der Waals surface area (Å²) in [6.45, 7) is 6.97. The van der Waals surface area contributed by atoms with Gasteiger partial charge in [-0.3, -0.25) is 0 Å². The molecule has 0 saturated heterocycles. The van der Waals surface area contributed by atoms with Crippen molar-refractivity contribution in [2.45, 2.75) is 70.6 Å². The van der Waals surface area contributed by atoms with Crippen LogP contribution in [-0.2, 0) is 5.92 Å². The third-order valence-corrected chi connectivity index (χ3v) is 7.00. The predicted molar refractivity (Wildman–Crippen MR) is 122 cm³/mol. The average Bonchev–Trinajstić information content (AvgIpc) is 2.73. The van der Waals surface area contributed by atoms with E-state index < -0.39 is 17.8 Å². The summed E-state index contributed by atoms with van der Waals surface area (Å²) in [6.07, 6.45) is 3.40. The molecule has 2 unspecified atom stereocenters. The maximum absolute atomic E-state index is 15.3. The van der Waals surface area contributed by atoms with E-state index in [1.807, 2.05) is 31.2 Å². The van der Waals surface area contributed by atoms with Crippen LogP contribution < -0.4 is 0 Å². The molecule has 0 heterocycles. The van der Waals surface area contributed by atoms with Crippen molar-refractivity contribution in [2.75, 3.05) is 0 Å². The lowest BCUT2D eigenvalue weighted by Crippen LogP contribution is -2.33. The Morgan fingerprint density at radius 2 is 1.66 bits per heavy atom. The molecule has 0 spiro atoms. The third-order valence-electron chi connectivity index (χ3n) is 7.00. The number of benzene rings is 2. The van der Waals surface area contributed by atoms with Crippen molar-refractivity contribution in [2.24, 2.45) is 5.92 Å². The van der Waals surface area contributed by atoms with Gasteiger partial charge in [0.15, 0.2) is 0 Å². The predicted octanol–water partition coefficient (Wildman–Crippen LogP) is 8.66. The fourth-order valence-electron chi connectivity index (χ4n) is 5.15. The largest absolute Gasteiger partial charge is 0.274 e. The Morgan fingerprint density at radius 3 is 2.22 bits per heavy atom. The summed E-state index contributed by atoms with van der Waals surface area (Å²) >= 11 is 0. The van der Waals surface area contributed by atoms with E-state index in [0.29, 0.717) is 17.9 Å². The van der Waals surface area contributed by atoms with Gasteiger partial charge >= 0.3 is 0 Å².